The lowest BCUT2D eigenvalue weighted by Crippen LogP contribution is -2.31. The van der Waals surface area contributed by atoms with E-state index in [4.69, 9.17) is 0 Å². The van der Waals surface area contributed by atoms with E-state index >= 15 is 0 Å². The summed E-state index contributed by atoms with van der Waals surface area (Å²) in [4.78, 5) is 0.272. The maximum absolute atomic E-state index is 11.7. The predicted molar refractivity (Wildman–Crippen MR) is 53.2 cm³/mol. The Kier molecular flexibility index (Phi) is 1.92. The third-order valence-corrected chi connectivity index (χ3v) is 4.13. The second kappa shape index (κ2) is 2.88. The Balaban J connectivity index is 2.64. The van der Waals surface area contributed by atoms with Crippen molar-refractivity contribution in [3.8, 4) is 5.75 Å². The van der Waals surface area contributed by atoms with Crippen LogP contribution >= 0.6 is 0 Å². The zero-order chi connectivity index (χ0) is 10.3. The van der Waals surface area contributed by atoms with E-state index in [0.29, 0.717) is 5.69 Å². The van der Waals surface area contributed by atoms with Crippen LogP contribution in [0.5, 0.6) is 5.75 Å². The first-order valence-corrected chi connectivity index (χ1v) is 5.96. The number of hydrogen-bond acceptors (Lipinski definition) is 4. The van der Waals surface area contributed by atoms with Gasteiger partial charge in [0.25, 0.3) is 0 Å². The van der Waals surface area contributed by atoms with Gasteiger partial charge in [0.15, 0.2) is 9.84 Å². The van der Waals surface area contributed by atoms with Crippen LogP contribution in [-0.4, -0.2) is 25.3 Å². The molecule has 1 aliphatic rings. The highest BCUT2D eigenvalue weighted by atomic mass is 32.2. The second-order valence-corrected chi connectivity index (χ2v) is 5.51. The summed E-state index contributed by atoms with van der Waals surface area (Å²) in [5, 5.41) is 12.2. The fourth-order valence-electron chi connectivity index (χ4n) is 1.63. The van der Waals surface area contributed by atoms with Crippen LogP contribution in [-0.2, 0) is 9.84 Å². The molecule has 2 rings (SSSR count). The molecule has 4 nitrogen and oxygen atoms in total. The van der Waals surface area contributed by atoms with Gasteiger partial charge in [-0.1, -0.05) is 0 Å². The van der Waals surface area contributed by atoms with E-state index in [1.54, 1.807) is 6.92 Å². The number of sulfone groups is 1. The highest BCUT2D eigenvalue weighted by Gasteiger charge is 2.27. The first kappa shape index (κ1) is 9.33. The standard InChI is InChI=1S/C9H11NO3S/c1-6-5-14(12,13)9-3-2-7(11)4-8(9)10-6/h2-4,6,10-11H,5H2,1H3. The zero-order valence-corrected chi connectivity index (χ0v) is 8.50. The summed E-state index contributed by atoms with van der Waals surface area (Å²) in [6.07, 6.45) is 0. The second-order valence-electron chi connectivity index (χ2n) is 3.51. The molecule has 0 amide bonds. The van der Waals surface area contributed by atoms with Gasteiger partial charge in [0, 0.05) is 12.1 Å². The molecule has 0 fully saturated rings. The number of nitrogens with one attached hydrogen (secondary N) is 1. The van der Waals surface area contributed by atoms with Crippen molar-refractivity contribution >= 4 is 15.5 Å². The number of hydrogen-bond donors (Lipinski definition) is 2. The van der Waals surface area contributed by atoms with Crippen molar-refractivity contribution in [1.82, 2.24) is 0 Å². The molecule has 14 heavy (non-hydrogen) atoms. The van der Waals surface area contributed by atoms with E-state index in [1.807, 2.05) is 0 Å². The Morgan fingerprint density at radius 1 is 1.50 bits per heavy atom. The third kappa shape index (κ3) is 1.43. The molecule has 0 spiro atoms. The number of aromatic hydroxyl groups is 1. The average molecular weight is 213 g/mol. The number of phenolic OH excluding ortho intramolecular Hbond substituents is 1. The molecule has 0 aliphatic carbocycles. The molecule has 1 atom stereocenters. The first-order chi connectivity index (χ1) is 6.49. The molecule has 76 valence electrons. The van der Waals surface area contributed by atoms with Gasteiger partial charge in [0.2, 0.25) is 0 Å². The number of fused-ring (bicyclic) bond motifs is 1. The smallest absolute Gasteiger partial charge is 0.182 e. The molecule has 0 bridgehead atoms. The van der Waals surface area contributed by atoms with Gasteiger partial charge in [-0.05, 0) is 19.1 Å². The van der Waals surface area contributed by atoms with E-state index in [-0.39, 0.29) is 22.4 Å². The van der Waals surface area contributed by atoms with E-state index in [9.17, 15) is 13.5 Å². The molecule has 1 heterocycles. The number of anilines is 1. The fourth-order valence-corrected chi connectivity index (χ4v) is 3.28. The Bertz CT molecular complexity index is 467. The summed E-state index contributed by atoms with van der Waals surface area (Å²) in [5.41, 5.74) is 0.490. The number of rotatable bonds is 0. The van der Waals surface area contributed by atoms with Gasteiger partial charge in [-0.2, -0.15) is 0 Å². The minimum atomic E-state index is -3.18. The van der Waals surface area contributed by atoms with Crippen molar-refractivity contribution in [3.05, 3.63) is 18.2 Å². The molecule has 5 heteroatoms. The molecule has 0 radical (unpaired) electrons. The molecule has 1 aromatic carbocycles. The lowest BCUT2D eigenvalue weighted by molar-refractivity contribution is 0.475. The summed E-state index contributed by atoms with van der Waals surface area (Å²) in [7, 11) is -3.18. The first-order valence-electron chi connectivity index (χ1n) is 4.31. The number of phenols is 1. The molecule has 2 N–H and O–H groups in total. The largest absolute Gasteiger partial charge is 0.508 e. The highest BCUT2D eigenvalue weighted by Crippen LogP contribution is 2.31. The monoisotopic (exact) mass is 213 g/mol. The van der Waals surface area contributed by atoms with Crippen molar-refractivity contribution in [1.29, 1.82) is 0 Å². The Labute approximate surface area is 82.5 Å². The molecule has 0 aromatic heterocycles. The third-order valence-electron chi connectivity index (χ3n) is 2.17. The van der Waals surface area contributed by atoms with Crippen LogP contribution in [0.25, 0.3) is 0 Å². The molecular weight excluding hydrogens is 202 g/mol. The molecular formula is C9H11NO3S. The SMILES string of the molecule is CC1CS(=O)(=O)c2ccc(O)cc2N1. The summed E-state index contributed by atoms with van der Waals surface area (Å²) in [6, 6.07) is 4.13. The normalized spacial score (nSPS) is 23.6. The lowest BCUT2D eigenvalue weighted by atomic mass is 10.2. The van der Waals surface area contributed by atoms with E-state index < -0.39 is 9.84 Å². The number of benzene rings is 1. The average Bonchev–Trinajstić information content (AvgIpc) is 2.00. The van der Waals surface area contributed by atoms with Crippen molar-refractivity contribution in [2.75, 3.05) is 11.1 Å². The zero-order valence-electron chi connectivity index (χ0n) is 7.69. The van der Waals surface area contributed by atoms with Gasteiger partial charge in [0.1, 0.15) is 5.75 Å². The van der Waals surface area contributed by atoms with Crippen LogP contribution < -0.4 is 5.32 Å². The van der Waals surface area contributed by atoms with Crippen LogP contribution in [0.3, 0.4) is 0 Å². The Morgan fingerprint density at radius 2 is 2.21 bits per heavy atom. The van der Waals surface area contributed by atoms with E-state index in [1.165, 1.54) is 18.2 Å². The van der Waals surface area contributed by atoms with Crippen LogP contribution in [0.1, 0.15) is 6.92 Å². The topological polar surface area (TPSA) is 66.4 Å². The van der Waals surface area contributed by atoms with Gasteiger partial charge in [-0.25, -0.2) is 8.42 Å². The minimum Gasteiger partial charge on any atom is -0.508 e. The lowest BCUT2D eigenvalue weighted by Gasteiger charge is -2.23. The van der Waals surface area contributed by atoms with Gasteiger partial charge in [-0.3, -0.25) is 0 Å². The predicted octanol–water partition coefficient (Wildman–Crippen LogP) is 0.980. The van der Waals surface area contributed by atoms with Crippen LogP contribution in [0.15, 0.2) is 23.1 Å². The van der Waals surface area contributed by atoms with E-state index in [0.717, 1.165) is 0 Å². The summed E-state index contributed by atoms with van der Waals surface area (Å²) < 4.78 is 23.3. The van der Waals surface area contributed by atoms with Crippen LogP contribution in [0.2, 0.25) is 0 Å². The van der Waals surface area contributed by atoms with Crippen molar-refractivity contribution in [3.63, 3.8) is 0 Å². The van der Waals surface area contributed by atoms with Gasteiger partial charge in [-0.15, -0.1) is 0 Å². The molecule has 0 saturated heterocycles. The summed E-state index contributed by atoms with van der Waals surface area (Å²) in [6.45, 7) is 1.80. The molecule has 1 aromatic rings. The van der Waals surface area contributed by atoms with Gasteiger partial charge >= 0.3 is 0 Å². The molecule has 0 saturated carbocycles. The van der Waals surface area contributed by atoms with Crippen LogP contribution in [0, 0.1) is 0 Å². The maximum atomic E-state index is 11.7. The highest BCUT2D eigenvalue weighted by molar-refractivity contribution is 7.91. The summed E-state index contributed by atoms with van der Waals surface area (Å²) in [5.74, 6) is 0.172. The quantitative estimate of drug-likeness (QED) is 0.674. The molecule has 1 unspecified atom stereocenters. The van der Waals surface area contributed by atoms with Gasteiger partial charge < -0.3 is 10.4 Å². The van der Waals surface area contributed by atoms with Crippen LogP contribution in [0.4, 0.5) is 5.69 Å². The Hall–Kier alpha value is -1.23. The Morgan fingerprint density at radius 3 is 2.93 bits per heavy atom. The maximum Gasteiger partial charge on any atom is 0.182 e. The molecule has 1 aliphatic heterocycles. The summed E-state index contributed by atoms with van der Waals surface area (Å²) >= 11 is 0. The van der Waals surface area contributed by atoms with E-state index in [2.05, 4.69) is 5.32 Å². The van der Waals surface area contributed by atoms with Crippen molar-refractivity contribution < 1.29 is 13.5 Å². The fraction of sp³-hybridized carbons (Fsp3) is 0.333. The van der Waals surface area contributed by atoms with Crippen molar-refractivity contribution in [2.45, 2.75) is 17.9 Å². The minimum absolute atomic E-state index is 0.0700. The van der Waals surface area contributed by atoms with Crippen molar-refractivity contribution in [2.24, 2.45) is 0 Å². The van der Waals surface area contributed by atoms with Gasteiger partial charge in [0.05, 0.1) is 16.3 Å².